The van der Waals surface area contributed by atoms with E-state index in [1.807, 2.05) is 36.4 Å². The summed E-state index contributed by atoms with van der Waals surface area (Å²) in [5.74, 6) is 1.11. The van der Waals surface area contributed by atoms with Crippen LogP contribution in [0.1, 0.15) is 59.0 Å². The zero-order chi connectivity index (χ0) is 22.7. The number of nitrogens with one attached hydrogen (secondary N) is 1. The van der Waals surface area contributed by atoms with E-state index in [1.54, 1.807) is 13.8 Å². The van der Waals surface area contributed by atoms with Gasteiger partial charge in [0.25, 0.3) is 5.91 Å². The van der Waals surface area contributed by atoms with Gasteiger partial charge in [-0.05, 0) is 50.5 Å². The van der Waals surface area contributed by atoms with Gasteiger partial charge in [-0.15, -0.1) is 0 Å². The standard InChI is InChI=1S/C25H27ClN4O2/c1-4-5-13-30-22-12-11-19(26)15-20(22)27-24(30)21(14-18-9-7-6-8-10-18)28-25(31)23-16(2)29-32-17(23)3/h6-12,15,21H,4-5,13-14H2,1-3H3,(H,28,31). The first kappa shape index (κ1) is 22.1. The normalized spacial score (nSPS) is 12.2. The minimum Gasteiger partial charge on any atom is -0.361 e. The van der Waals surface area contributed by atoms with Crippen molar-refractivity contribution in [3.05, 3.63) is 82.0 Å². The minimum absolute atomic E-state index is 0.214. The minimum atomic E-state index is -0.332. The van der Waals surface area contributed by atoms with Crippen LogP contribution >= 0.6 is 11.6 Å². The Hall–Kier alpha value is -3.12. The molecule has 1 atom stereocenters. The number of hydrogen-bond acceptors (Lipinski definition) is 4. The molecule has 2 aromatic carbocycles. The van der Waals surface area contributed by atoms with Crippen LogP contribution in [0.25, 0.3) is 11.0 Å². The highest BCUT2D eigenvalue weighted by molar-refractivity contribution is 6.31. The van der Waals surface area contributed by atoms with Crippen molar-refractivity contribution < 1.29 is 9.32 Å². The fraction of sp³-hybridized carbons (Fsp3) is 0.320. The highest BCUT2D eigenvalue weighted by Gasteiger charge is 2.26. The molecule has 2 aromatic heterocycles. The Kier molecular flexibility index (Phi) is 6.61. The molecule has 0 radical (unpaired) electrons. The zero-order valence-corrected chi connectivity index (χ0v) is 19.3. The van der Waals surface area contributed by atoms with Gasteiger partial charge >= 0.3 is 0 Å². The van der Waals surface area contributed by atoms with Crippen molar-refractivity contribution in [2.75, 3.05) is 0 Å². The van der Waals surface area contributed by atoms with Gasteiger partial charge in [-0.1, -0.05) is 60.4 Å². The van der Waals surface area contributed by atoms with Crippen molar-refractivity contribution in [1.82, 2.24) is 20.0 Å². The molecule has 4 aromatic rings. The van der Waals surface area contributed by atoms with Gasteiger partial charge in [-0.25, -0.2) is 4.98 Å². The molecular formula is C25H27ClN4O2. The molecule has 1 unspecified atom stereocenters. The molecular weight excluding hydrogens is 424 g/mol. The lowest BCUT2D eigenvalue weighted by molar-refractivity contribution is 0.0932. The Morgan fingerprint density at radius 2 is 1.97 bits per heavy atom. The fourth-order valence-corrected chi connectivity index (χ4v) is 4.20. The maximum Gasteiger partial charge on any atom is 0.257 e. The third-order valence-corrected chi connectivity index (χ3v) is 5.87. The number of fused-ring (bicyclic) bond motifs is 1. The molecule has 0 aliphatic heterocycles. The number of carbonyl (C=O) groups excluding carboxylic acids is 1. The number of unbranched alkanes of at least 4 members (excludes halogenated alkanes) is 1. The topological polar surface area (TPSA) is 73.0 Å². The van der Waals surface area contributed by atoms with Crippen molar-refractivity contribution in [3.63, 3.8) is 0 Å². The second kappa shape index (κ2) is 9.57. The molecule has 6 nitrogen and oxygen atoms in total. The van der Waals surface area contributed by atoms with E-state index in [-0.39, 0.29) is 11.9 Å². The van der Waals surface area contributed by atoms with E-state index in [0.717, 1.165) is 41.8 Å². The predicted octanol–water partition coefficient (Wildman–Crippen LogP) is 5.81. The van der Waals surface area contributed by atoms with Crippen LogP contribution in [0.4, 0.5) is 0 Å². The lowest BCUT2D eigenvalue weighted by Gasteiger charge is -2.20. The monoisotopic (exact) mass is 450 g/mol. The van der Waals surface area contributed by atoms with Crippen LogP contribution in [-0.2, 0) is 13.0 Å². The molecule has 0 saturated heterocycles. The number of imidazole rings is 1. The lowest BCUT2D eigenvalue weighted by atomic mass is 10.0. The van der Waals surface area contributed by atoms with Crippen LogP contribution in [0.5, 0.6) is 0 Å². The lowest BCUT2D eigenvalue weighted by Crippen LogP contribution is -2.32. The summed E-state index contributed by atoms with van der Waals surface area (Å²) >= 11 is 6.24. The second-order valence-electron chi connectivity index (χ2n) is 8.02. The Labute approximate surface area is 192 Å². The van der Waals surface area contributed by atoms with Crippen LogP contribution < -0.4 is 5.32 Å². The summed E-state index contributed by atoms with van der Waals surface area (Å²) in [7, 11) is 0. The van der Waals surface area contributed by atoms with E-state index >= 15 is 0 Å². The molecule has 0 fully saturated rings. The summed E-state index contributed by atoms with van der Waals surface area (Å²) < 4.78 is 7.42. The Morgan fingerprint density at radius 1 is 1.19 bits per heavy atom. The first-order chi connectivity index (χ1) is 15.5. The van der Waals surface area contributed by atoms with E-state index in [9.17, 15) is 4.79 Å². The molecule has 0 aliphatic carbocycles. The van der Waals surface area contributed by atoms with Gasteiger partial charge < -0.3 is 14.4 Å². The number of carbonyl (C=O) groups is 1. The molecule has 4 rings (SSSR count). The van der Waals surface area contributed by atoms with Crippen molar-refractivity contribution in [2.45, 2.75) is 52.6 Å². The number of hydrogen-bond donors (Lipinski definition) is 1. The molecule has 1 N–H and O–H groups in total. The van der Waals surface area contributed by atoms with Crippen LogP contribution in [0, 0.1) is 13.8 Å². The Bertz CT molecular complexity index is 1210. The molecule has 0 aliphatic rings. The van der Waals surface area contributed by atoms with Gasteiger partial charge in [0.2, 0.25) is 0 Å². The second-order valence-corrected chi connectivity index (χ2v) is 8.46. The quantitative estimate of drug-likeness (QED) is 0.367. The molecule has 2 heterocycles. The van der Waals surface area contributed by atoms with Gasteiger partial charge in [0.15, 0.2) is 0 Å². The number of nitrogens with zero attached hydrogens (tertiary/aromatic N) is 3. The van der Waals surface area contributed by atoms with Gasteiger partial charge in [0.1, 0.15) is 17.1 Å². The summed E-state index contributed by atoms with van der Waals surface area (Å²) in [5.41, 5.74) is 4.01. The van der Waals surface area contributed by atoms with E-state index in [4.69, 9.17) is 21.1 Å². The molecule has 32 heavy (non-hydrogen) atoms. The molecule has 7 heteroatoms. The highest BCUT2D eigenvalue weighted by Crippen LogP contribution is 2.27. The van der Waals surface area contributed by atoms with Crippen LogP contribution in [0.2, 0.25) is 5.02 Å². The van der Waals surface area contributed by atoms with Crippen molar-refractivity contribution in [1.29, 1.82) is 0 Å². The van der Waals surface area contributed by atoms with Gasteiger partial charge in [0.05, 0.1) is 22.8 Å². The average molecular weight is 451 g/mol. The van der Waals surface area contributed by atoms with E-state index in [2.05, 4.69) is 34.1 Å². The van der Waals surface area contributed by atoms with E-state index < -0.39 is 0 Å². The van der Waals surface area contributed by atoms with Gasteiger partial charge in [-0.2, -0.15) is 0 Å². The molecule has 1 amide bonds. The van der Waals surface area contributed by atoms with Crippen molar-refractivity contribution in [2.24, 2.45) is 0 Å². The smallest absolute Gasteiger partial charge is 0.257 e. The first-order valence-corrected chi connectivity index (χ1v) is 11.3. The molecule has 0 spiro atoms. The van der Waals surface area contributed by atoms with E-state index in [0.29, 0.717) is 28.5 Å². The molecule has 0 bridgehead atoms. The number of benzene rings is 2. The number of halogens is 1. The highest BCUT2D eigenvalue weighted by atomic mass is 35.5. The van der Waals surface area contributed by atoms with Gasteiger partial charge in [-0.3, -0.25) is 4.79 Å². The van der Waals surface area contributed by atoms with Crippen LogP contribution in [0.3, 0.4) is 0 Å². The maximum atomic E-state index is 13.2. The van der Waals surface area contributed by atoms with Gasteiger partial charge in [0, 0.05) is 11.6 Å². The molecule has 166 valence electrons. The van der Waals surface area contributed by atoms with Crippen molar-refractivity contribution >= 4 is 28.5 Å². The average Bonchev–Trinajstić information content (AvgIpc) is 3.31. The van der Waals surface area contributed by atoms with E-state index in [1.165, 1.54) is 0 Å². The maximum absolute atomic E-state index is 13.2. The summed E-state index contributed by atoms with van der Waals surface area (Å²) in [6, 6.07) is 15.5. The first-order valence-electron chi connectivity index (χ1n) is 10.9. The number of aromatic nitrogens is 3. The zero-order valence-electron chi connectivity index (χ0n) is 18.6. The summed E-state index contributed by atoms with van der Waals surface area (Å²) in [6.45, 7) is 6.50. The number of aryl methyl sites for hydroxylation is 3. The largest absolute Gasteiger partial charge is 0.361 e. The summed E-state index contributed by atoms with van der Waals surface area (Å²) in [5, 5.41) is 7.78. The third-order valence-electron chi connectivity index (χ3n) is 5.64. The van der Waals surface area contributed by atoms with Crippen LogP contribution in [0.15, 0.2) is 53.1 Å². The summed E-state index contributed by atoms with van der Waals surface area (Å²) in [4.78, 5) is 18.2. The summed E-state index contributed by atoms with van der Waals surface area (Å²) in [6.07, 6.45) is 2.68. The number of rotatable bonds is 8. The predicted molar refractivity (Wildman–Crippen MR) is 126 cm³/mol. The Morgan fingerprint density at radius 3 is 2.66 bits per heavy atom. The van der Waals surface area contributed by atoms with Crippen molar-refractivity contribution in [3.8, 4) is 0 Å². The third kappa shape index (κ3) is 4.55. The Balaban J connectivity index is 1.78. The molecule has 0 saturated carbocycles. The fourth-order valence-electron chi connectivity index (χ4n) is 4.03. The SMILES string of the molecule is CCCCn1c(C(Cc2ccccc2)NC(=O)c2c(C)noc2C)nc2cc(Cl)ccc21. The van der Waals surface area contributed by atoms with Crippen LogP contribution in [-0.4, -0.2) is 20.6 Å². The number of amides is 1.